The average Bonchev–Trinajstić information content (AvgIpc) is 2.78. The number of anilines is 2. The molecule has 150 valence electrons. The molecule has 2 aromatic rings. The quantitative estimate of drug-likeness (QED) is 0.762. The van der Waals surface area contributed by atoms with Crippen LogP contribution in [0.5, 0.6) is 0 Å². The molecule has 2 saturated heterocycles. The van der Waals surface area contributed by atoms with Gasteiger partial charge in [-0.15, -0.1) is 0 Å². The minimum atomic E-state index is -0.510. The van der Waals surface area contributed by atoms with E-state index in [9.17, 15) is 9.59 Å². The first-order chi connectivity index (χ1) is 13.7. The van der Waals surface area contributed by atoms with E-state index in [1.54, 1.807) is 30.2 Å². The van der Waals surface area contributed by atoms with Crippen LogP contribution in [0.15, 0.2) is 36.7 Å². The number of fused-ring (bicyclic) bond motifs is 1. The number of hydrogen-bond acceptors (Lipinski definition) is 4. The summed E-state index contributed by atoms with van der Waals surface area (Å²) in [5.74, 6) is 0.115. The number of hydrogen-bond donors (Lipinski definition) is 0. The van der Waals surface area contributed by atoms with Gasteiger partial charge in [-0.05, 0) is 43.7 Å². The standard InChI is InChI=1S/C22H23ClN4O2/c1-14(28)25-10-22(11-25)12-26(13-22)16-7-17(9-24-8-16)27-20(29)18-5-4-15(23)6-19(18)21(27,2)3/h4-9H,10-13H2,1-3H3. The molecule has 0 bridgehead atoms. The van der Waals surface area contributed by atoms with Crippen molar-refractivity contribution >= 4 is 34.8 Å². The van der Waals surface area contributed by atoms with E-state index in [2.05, 4.69) is 9.88 Å². The molecule has 3 aliphatic rings. The second kappa shape index (κ2) is 5.95. The van der Waals surface area contributed by atoms with Gasteiger partial charge in [0.2, 0.25) is 5.91 Å². The van der Waals surface area contributed by atoms with Crippen molar-refractivity contribution in [3.63, 3.8) is 0 Å². The van der Waals surface area contributed by atoms with E-state index < -0.39 is 5.54 Å². The summed E-state index contributed by atoms with van der Waals surface area (Å²) in [7, 11) is 0. The van der Waals surface area contributed by atoms with Crippen LogP contribution in [0.2, 0.25) is 5.02 Å². The molecule has 0 radical (unpaired) electrons. The third-order valence-corrected chi connectivity index (χ3v) is 6.75. The molecule has 0 saturated carbocycles. The van der Waals surface area contributed by atoms with Crippen LogP contribution in [0.4, 0.5) is 11.4 Å². The van der Waals surface area contributed by atoms with Crippen LogP contribution in [-0.2, 0) is 10.3 Å². The minimum Gasteiger partial charge on any atom is -0.369 e. The van der Waals surface area contributed by atoms with Crippen molar-refractivity contribution in [3.05, 3.63) is 52.8 Å². The Morgan fingerprint density at radius 3 is 2.45 bits per heavy atom. The van der Waals surface area contributed by atoms with Crippen molar-refractivity contribution in [1.29, 1.82) is 0 Å². The Hall–Kier alpha value is -2.60. The summed E-state index contributed by atoms with van der Waals surface area (Å²) in [6, 6.07) is 7.47. The lowest BCUT2D eigenvalue weighted by Crippen LogP contribution is -2.72. The molecule has 5 rings (SSSR count). The fourth-order valence-corrected chi connectivity index (χ4v) is 5.16. The van der Waals surface area contributed by atoms with Crippen LogP contribution in [0.1, 0.15) is 36.7 Å². The first kappa shape index (κ1) is 18.4. The van der Waals surface area contributed by atoms with E-state index in [0.717, 1.165) is 43.1 Å². The lowest BCUT2D eigenvalue weighted by Gasteiger charge is -2.60. The van der Waals surface area contributed by atoms with E-state index in [4.69, 9.17) is 11.6 Å². The summed E-state index contributed by atoms with van der Waals surface area (Å²) >= 11 is 6.19. The Morgan fingerprint density at radius 1 is 1.07 bits per heavy atom. The molecule has 1 aromatic carbocycles. The van der Waals surface area contributed by atoms with Crippen molar-refractivity contribution in [3.8, 4) is 0 Å². The van der Waals surface area contributed by atoms with E-state index in [0.29, 0.717) is 10.6 Å². The van der Waals surface area contributed by atoms with Crippen LogP contribution < -0.4 is 9.80 Å². The highest BCUT2D eigenvalue weighted by atomic mass is 35.5. The van der Waals surface area contributed by atoms with Crippen molar-refractivity contribution < 1.29 is 9.59 Å². The summed E-state index contributed by atoms with van der Waals surface area (Å²) in [4.78, 5) is 35.0. The smallest absolute Gasteiger partial charge is 0.259 e. The monoisotopic (exact) mass is 410 g/mol. The second-order valence-electron chi connectivity index (χ2n) is 9.02. The highest BCUT2D eigenvalue weighted by Gasteiger charge is 2.53. The predicted molar refractivity (Wildman–Crippen MR) is 112 cm³/mol. The molecule has 0 aliphatic carbocycles. The zero-order valence-electron chi connectivity index (χ0n) is 16.8. The van der Waals surface area contributed by atoms with Crippen molar-refractivity contribution in [2.24, 2.45) is 5.41 Å². The van der Waals surface area contributed by atoms with Gasteiger partial charge < -0.3 is 9.80 Å². The van der Waals surface area contributed by atoms with Gasteiger partial charge in [-0.1, -0.05) is 11.6 Å². The average molecular weight is 411 g/mol. The zero-order valence-corrected chi connectivity index (χ0v) is 17.5. The zero-order chi connectivity index (χ0) is 20.6. The Bertz CT molecular complexity index is 1040. The number of nitrogens with zero attached hydrogens (tertiary/aromatic N) is 4. The lowest BCUT2D eigenvalue weighted by atomic mass is 9.72. The molecule has 2 fully saturated rings. The highest BCUT2D eigenvalue weighted by molar-refractivity contribution is 6.31. The predicted octanol–water partition coefficient (Wildman–Crippen LogP) is 3.30. The Kier molecular flexibility index (Phi) is 3.78. The van der Waals surface area contributed by atoms with Gasteiger partial charge in [-0.2, -0.15) is 0 Å². The molecule has 3 aliphatic heterocycles. The number of benzene rings is 1. The van der Waals surface area contributed by atoms with E-state index >= 15 is 0 Å². The largest absolute Gasteiger partial charge is 0.369 e. The maximum absolute atomic E-state index is 13.2. The maximum Gasteiger partial charge on any atom is 0.259 e. The second-order valence-corrected chi connectivity index (χ2v) is 9.46. The topological polar surface area (TPSA) is 56.8 Å². The molecule has 1 spiro atoms. The summed E-state index contributed by atoms with van der Waals surface area (Å²) in [5, 5.41) is 0.629. The summed E-state index contributed by atoms with van der Waals surface area (Å²) < 4.78 is 0. The lowest BCUT2D eigenvalue weighted by molar-refractivity contribution is -0.142. The van der Waals surface area contributed by atoms with Crippen molar-refractivity contribution in [2.75, 3.05) is 36.0 Å². The summed E-state index contributed by atoms with van der Waals surface area (Å²) in [5.41, 5.74) is 3.12. The SMILES string of the molecule is CC(=O)N1CC2(C1)CN(c1cncc(N3C(=O)c4ccc(Cl)cc4C3(C)C)c1)C2. The summed E-state index contributed by atoms with van der Waals surface area (Å²) in [6.45, 7) is 9.17. The Labute approximate surface area is 175 Å². The number of carbonyl (C=O) groups is 2. The van der Waals surface area contributed by atoms with E-state index in [1.165, 1.54) is 0 Å². The molecule has 7 heteroatoms. The first-order valence-electron chi connectivity index (χ1n) is 9.80. The molecule has 2 amide bonds. The number of pyridine rings is 1. The molecule has 6 nitrogen and oxygen atoms in total. The Morgan fingerprint density at radius 2 is 1.76 bits per heavy atom. The Balaban J connectivity index is 1.39. The van der Waals surface area contributed by atoms with Gasteiger partial charge in [0.05, 0.1) is 29.3 Å². The first-order valence-corrected chi connectivity index (χ1v) is 10.2. The maximum atomic E-state index is 13.2. The van der Waals surface area contributed by atoms with Crippen LogP contribution in [0, 0.1) is 5.41 Å². The third kappa shape index (κ3) is 2.65. The van der Waals surface area contributed by atoms with Gasteiger partial charge in [0.25, 0.3) is 5.91 Å². The van der Waals surface area contributed by atoms with Crippen LogP contribution in [-0.4, -0.2) is 47.9 Å². The number of aromatic nitrogens is 1. The molecular formula is C22H23ClN4O2. The molecule has 0 N–H and O–H groups in total. The molecule has 0 atom stereocenters. The van der Waals surface area contributed by atoms with Crippen LogP contribution in [0.25, 0.3) is 0 Å². The van der Waals surface area contributed by atoms with Gasteiger partial charge >= 0.3 is 0 Å². The van der Waals surface area contributed by atoms with Gasteiger partial charge in [-0.25, -0.2) is 0 Å². The van der Waals surface area contributed by atoms with Gasteiger partial charge in [0.15, 0.2) is 0 Å². The number of halogens is 1. The van der Waals surface area contributed by atoms with E-state index in [-0.39, 0.29) is 17.2 Å². The van der Waals surface area contributed by atoms with E-state index in [1.807, 2.05) is 37.1 Å². The van der Waals surface area contributed by atoms with Gasteiger partial charge in [0.1, 0.15) is 0 Å². The van der Waals surface area contributed by atoms with Crippen molar-refractivity contribution in [2.45, 2.75) is 26.3 Å². The van der Waals surface area contributed by atoms with Crippen LogP contribution >= 0.6 is 11.6 Å². The normalized spacial score (nSPS) is 21.1. The number of carbonyl (C=O) groups excluding carboxylic acids is 2. The molecular weight excluding hydrogens is 388 g/mol. The van der Waals surface area contributed by atoms with Crippen molar-refractivity contribution in [1.82, 2.24) is 9.88 Å². The summed E-state index contributed by atoms with van der Waals surface area (Å²) in [6.07, 6.45) is 3.59. The van der Waals surface area contributed by atoms with Gasteiger partial charge in [-0.3, -0.25) is 19.5 Å². The number of likely N-dealkylation sites (tertiary alicyclic amines) is 1. The minimum absolute atomic E-state index is 0.0308. The molecule has 1 aromatic heterocycles. The van der Waals surface area contributed by atoms with Gasteiger partial charge in [0, 0.05) is 49.1 Å². The molecule has 4 heterocycles. The fraction of sp³-hybridized carbons (Fsp3) is 0.409. The fourth-order valence-electron chi connectivity index (χ4n) is 4.99. The molecule has 0 unspecified atom stereocenters. The highest BCUT2D eigenvalue weighted by Crippen LogP contribution is 2.45. The van der Waals surface area contributed by atoms with Crippen LogP contribution in [0.3, 0.4) is 0 Å². The number of rotatable bonds is 2. The third-order valence-electron chi connectivity index (χ3n) is 6.52. The number of amides is 2. The molecule has 29 heavy (non-hydrogen) atoms.